The number of nitrogens with one attached hydrogen (secondary N) is 2. The molecule has 0 saturated carbocycles. The molecule has 0 spiro atoms. The molecule has 1 fully saturated rings. The van der Waals surface area contributed by atoms with Crippen LogP contribution >= 0.6 is 24.0 Å². The fourth-order valence-electron chi connectivity index (χ4n) is 2.76. The van der Waals surface area contributed by atoms with Crippen LogP contribution in [0.25, 0.3) is 0 Å². The monoisotopic (exact) mass is 522 g/mol. The molecule has 0 bridgehead atoms. The molecule has 1 aliphatic heterocycles. The van der Waals surface area contributed by atoms with E-state index in [0.717, 1.165) is 5.69 Å². The molecule has 7 nitrogen and oxygen atoms in total. The molecule has 1 aromatic rings. The van der Waals surface area contributed by atoms with Crippen molar-refractivity contribution in [1.82, 2.24) is 10.6 Å². The van der Waals surface area contributed by atoms with Crippen molar-refractivity contribution in [3.8, 4) is 0 Å². The van der Waals surface area contributed by atoms with Gasteiger partial charge in [-0.1, -0.05) is 18.2 Å². The van der Waals surface area contributed by atoms with Crippen LogP contribution < -0.4 is 15.5 Å². The van der Waals surface area contributed by atoms with Crippen LogP contribution in [0.4, 0.5) is 5.69 Å². The number of hydrogen-bond acceptors (Lipinski definition) is 4. The van der Waals surface area contributed by atoms with Crippen molar-refractivity contribution in [2.45, 2.75) is 44.9 Å². The Morgan fingerprint density at radius 2 is 1.89 bits per heavy atom. The number of carbonyl (C=O) groups is 1. The van der Waals surface area contributed by atoms with Crippen molar-refractivity contribution in [2.24, 2.45) is 4.99 Å². The molecular weight excluding hydrogens is 491 g/mol. The molecule has 28 heavy (non-hydrogen) atoms. The molecule has 2 N–H and O–H groups in total. The highest BCUT2D eigenvalue weighted by Gasteiger charge is 2.31. The van der Waals surface area contributed by atoms with Gasteiger partial charge in [0.2, 0.25) is 5.91 Å². The zero-order valence-corrected chi connectivity index (χ0v) is 20.1. The Hall–Kier alpha value is -1.36. The van der Waals surface area contributed by atoms with E-state index < -0.39 is 14.6 Å². The summed E-state index contributed by atoms with van der Waals surface area (Å²) < 4.78 is 23.6. The first kappa shape index (κ1) is 24.7. The van der Waals surface area contributed by atoms with E-state index in [1.165, 1.54) is 0 Å². The molecule has 0 radical (unpaired) electrons. The highest BCUT2D eigenvalue weighted by Crippen LogP contribution is 2.21. The topological polar surface area (TPSA) is 90.9 Å². The number of benzene rings is 1. The van der Waals surface area contributed by atoms with Crippen molar-refractivity contribution >= 4 is 51.4 Å². The molecule has 1 amide bonds. The molecule has 0 aliphatic carbocycles. The van der Waals surface area contributed by atoms with Gasteiger partial charge in [-0.05, 0) is 39.8 Å². The maximum Gasteiger partial charge on any atom is 0.229 e. The Kier molecular flexibility index (Phi) is 9.19. The molecule has 1 heterocycles. The fourth-order valence-corrected chi connectivity index (χ4v) is 3.70. The summed E-state index contributed by atoms with van der Waals surface area (Å²) in [5.41, 5.74) is 0.880. The first-order chi connectivity index (χ1) is 12.6. The number of carbonyl (C=O) groups excluding carboxylic acids is 1. The molecule has 1 saturated heterocycles. The second-order valence-electron chi connectivity index (χ2n) is 7.58. The second-order valence-corrected chi connectivity index (χ2v) is 10.4. The van der Waals surface area contributed by atoms with E-state index >= 15 is 0 Å². The highest BCUT2D eigenvalue weighted by atomic mass is 127. The van der Waals surface area contributed by atoms with Gasteiger partial charge in [0.1, 0.15) is 0 Å². The van der Waals surface area contributed by atoms with Crippen molar-refractivity contribution < 1.29 is 13.2 Å². The molecule has 0 aromatic heterocycles. The average molecular weight is 522 g/mol. The summed E-state index contributed by atoms with van der Waals surface area (Å²) in [5.74, 6) is 0.589. The number of halogens is 1. The van der Waals surface area contributed by atoms with Gasteiger partial charge in [0.25, 0.3) is 0 Å². The van der Waals surface area contributed by atoms with Gasteiger partial charge in [0.15, 0.2) is 15.8 Å². The fraction of sp³-hybridized carbons (Fsp3) is 0.579. The van der Waals surface area contributed by atoms with Gasteiger partial charge < -0.3 is 15.5 Å². The number of nitrogens with zero attached hydrogens (tertiary/aromatic N) is 2. The predicted molar refractivity (Wildman–Crippen MR) is 125 cm³/mol. The maximum absolute atomic E-state index is 12.3. The number of amides is 1. The van der Waals surface area contributed by atoms with Crippen molar-refractivity contribution in [3.05, 3.63) is 30.3 Å². The smallest absolute Gasteiger partial charge is 0.229 e. The minimum absolute atomic E-state index is 0. The van der Waals surface area contributed by atoms with E-state index in [-0.39, 0.29) is 48.2 Å². The van der Waals surface area contributed by atoms with E-state index in [1.807, 2.05) is 37.3 Å². The quantitative estimate of drug-likeness (QED) is 0.340. The van der Waals surface area contributed by atoms with Gasteiger partial charge in [0, 0.05) is 25.2 Å². The van der Waals surface area contributed by atoms with Crippen LogP contribution in [0.5, 0.6) is 0 Å². The predicted octanol–water partition coefficient (Wildman–Crippen LogP) is 2.18. The number of para-hydroxylation sites is 1. The Morgan fingerprint density at radius 3 is 2.46 bits per heavy atom. The van der Waals surface area contributed by atoms with E-state index in [2.05, 4.69) is 15.6 Å². The lowest BCUT2D eigenvalue weighted by atomic mass is 10.2. The largest absolute Gasteiger partial charge is 0.357 e. The summed E-state index contributed by atoms with van der Waals surface area (Å²) in [7, 11) is -3.21. The first-order valence-electron chi connectivity index (χ1n) is 9.26. The van der Waals surface area contributed by atoms with Gasteiger partial charge in [-0.15, -0.1) is 24.0 Å². The first-order valence-corrected chi connectivity index (χ1v) is 10.9. The average Bonchev–Trinajstić information content (AvgIpc) is 2.95. The number of hydrogen-bond donors (Lipinski definition) is 2. The summed E-state index contributed by atoms with van der Waals surface area (Å²) in [6.07, 6.45) is 0.375. The van der Waals surface area contributed by atoms with Crippen LogP contribution in [-0.2, 0) is 14.6 Å². The van der Waals surface area contributed by atoms with Crippen molar-refractivity contribution in [2.75, 3.05) is 30.3 Å². The Bertz CT molecular complexity index is 776. The van der Waals surface area contributed by atoms with Crippen LogP contribution in [0.1, 0.15) is 34.1 Å². The molecule has 1 aromatic carbocycles. The normalized spacial score (nSPS) is 18.0. The van der Waals surface area contributed by atoms with E-state index in [1.54, 1.807) is 25.7 Å². The maximum atomic E-state index is 12.3. The molecule has 1 unspecified atom stereocenters. The number of guanidine groups is 1. The van der Waals surface area contributed by atoms with Crippen LogP contribution in [0.3, 0.4) is 0 Å². The zero-order valence-electron chi connectivity index (χ0n) is 16.9. The molecule has 9 heteroatoms. The van der Waals surface area contributed by atoms with Crippen LogP contribution in [-0.4, -0.2) is 56.5 Å². The summed E-state index contributed by atoms with van der Waals surface area (Å²) in [6.45, 7) is 8.40. The Balaban J connectivity index is 0.00000392. The molecule has 1 atom stereocenters. The van der Waals surface area contributed by atoms with Gasteiger partial charge in [-0.2, -0.15) is 0 Å². The highest BCUT2D eigenvalue weighted by molar-refractivity contribution is 14.0. The van der Waals surface area contributed by atoms with Gasteiger partial charge in [-0.25, -0.2) is 8.42 Å². The summed E-state index contributed by atoms with van der Waals surface area (Å²) in [5, 5.41) is 6.37. The molecule has 2 rings (SSSR count). The van der Waals surface area contributed by atoms with Gasteiger partial charge in [0.05, 0.1) is 23.1 Å². The van der Waals surface area contributed by atoms with Crippen LogP contribution in [0, 0.1) is 0 Å². The minimum atomic E-state index is -3.21. The van der Waals surface area contributed by atoms with Crippen molar-refractivity contribution in [1.29, 1.82) is 0 Å². The number of aliphatic imine (C=N–C) groups is 1. The van der Waals surface area contributed by atoms with E-state index in [4.69, 9.17) is 0 Å². The third-order valence-corrected chi connectivity index (χ3v) is 7.03. The summed E-state index contributed by atoms with van der Waals surface area (Å²) >= 11 is 0. The molecule has 1 aliphatic rings. The molecule has 158 valence electrons. The Morgan fingerprint density at radius 1 is 1.25 bits per heavy atom. The van der Waals surface area contributed by atoms with Crippen molar-refractivity contribution in [3.63, 3.8) is 0 Å². The molecular formula is C19H31IN4O3S. The number of sulfone groups is 1. The van der Waals surface area contributed by atoms with Gasteiger partial charge in [-0.3, -0.25) is 9.79 Å². The number of anilines is 1. The van der Waals surface area contributed by atoms with E-state index in [0.29, 0.717) is 25.5 Å². The van der Waals surface area contributed by atoms with Gasteiger partial charge >= 0.3 is 0 Å². The summed E-state index contributed by atoms with van der Waals surface area (Å²) in [6, 6.07) is 9.49. The SMILES string of the molecule is CCNC(=NCCS(=O)(=O)C(C)(C)C)NC1CC(=O)N(c2ccccc2)C1.I. The van der Waals surface area contributed by atoms with E-state index in [9.17, 15) is 13.2 Å². The minimum Gasteiger partial charge on any atom is -0.357 e. The Labute approximate surface area is 185 Å². The van der Waals surface area contributed by atoms with Crippen LogP contribution in [0.2, 0.25) is 0 Å². The lowest BCUT2D eigenvalue weighted by Gasteiger charge is -2.20. The standard InChI is InChI=1S/C19H30N4O3S.HI/c1-5-20-18(21-11-12-27(25,26)19(2,3)4)22-15-13-17(24)23(14-15)16-9-7-6-8-10-16;/h6-10,15H,5,11-14H2,1-4H3,(H2,20,21,22);1H. The second kappa shape index (κ2) is 10.4. The summed E-state index contributed by atoms with van der Waals surface area (Å²) in [4.78, 5) is 18.5. The number of rotatable bonds is 6. The third kappa shape index (κ3) is 6.61. The zero-order chi connectivity index (χ0) is 20.1. The lowest BCUT2D eigenvalue weighted by molar-refractivity contribution is -0.117. The lowest BCUT2D eigenvalue weighted by Crippen LogP contribution is -2.45. The third-order valence-electron chi connectivity index (χ3n) is 4.44. The van der Waals surface area contributed by atoms with Crippen LogP contribution in [0.15, 0.2) is 35.3 Å².